The summed E-state index contributed by atoms with van der Waals surface area (Å²) < 4.78 is 6.77. The summed E-state index contributed by atoms with van der Waals surface area (Å²) >= 11 is 1.18. The molecule has 4 aromatic rings. The molecular formula is C24H20N4O3S. The third-order valence-electron chi connectivity index (χ3n) is 4.46. The Morgan fingerprint density at radius 3 is 2.69 bits per heavy atom. The number of furan rings is 1. The van der Waals surface area contributed by atoms with Crippen LogP contribution in [0.15, 0.2) is 98.0 Å². The standard InChI is InChI=1S/C24H20N4O3S/c1-17(14-19-10-7-13-31-19)15-25-27-22(29)16-32-24-26-21-12-6-5-11-20(21)23(30)28(24)18-8-3-2-4-9-18/h2-15H,16H2,1H3,(H,27,29)/b17-14+,25-15-. The molecule has 0 atom stereocenters. The van der Waals surface area contributed by atoms with Crippen LogP contribution in [0.2, 0.25) is 0 Å². The molecule has 2 aromatic heterocycles. The van der Waals surface area contributed by atoms with Crippen molar-refractivity contribution in [1.82, 2.24) is 15.0 Å². The van der Waals surface area contributed by atoms with Crippen molar-refractivity contribution in [1.29, 1.82) is 0 Å². The van der Waals surface area contributed by atoms with Crippen molar-refractivity contribution in [3.63, 3.8) is 0 Å². The van der Waals surface area contributed by atoms with E-state index in [1.165, 1.54) is 16.3 Å². The van der Waals surface area contributed by atoms with E-state index in [1.54, 1.807) is 36.7 Å². The molecule has 8 heteroatoms. The molecule has 0 spiro atoms. The summed E-state index contributed by atoms with van der Waals surface area (Å²) in [5.41, 5.74) is 4.42. The van der Waals surface area contributed by atoms with Gasteiger partial charge in [-0.2, -0.15) is 5.10 Å². The van der Waals surface area contributed by atoms with E-state index >= 15 is 0 Å². The summed E-state index contributed by atoms with van der Waals surface area (Å²) in [7, 11) is 0. The number of carbonyl (C=O) groups is 1. The molecule has 1 N–H and O–H groups in total. The van der Waals surface area contributed by atoms with Gasteiger partial charge in [-0.1, -0.05) is 42.1 Å². The molecule has 32 heavy (non-hydrogen) atoms. The fraction of sp³-hybridized carbons (Fsp3) is 0.0833. The second-order valence-electron chi connectivity index (χ2n) is 6.87. The molecule has 160 valence electrons. The molecule has 0 bridgehead atoms. The number of hydrogen-bond donors (Lipinski definition) is 1. The van der Waals surface area contributed by atoms with E-state index in [1.807, 2.05) is 55.5 Å². The largest absolute Gasteiger partial charge is 0.465 e. The highest BCUT2D eigenvalue weighted by Crippen LogP contribution is 2.21. The number of benzene rings is 2. The van der Waals surface area contributed by atoms with Crippen LogP contribution in [-0.4, -0.2) is 27.4 Å². The fourth-order valence-electron chi connectivity index (χ4n) is 3.02. The normalized spacial score (nSPS) is 11.8. The lowest BCUT2D eigenvalue weighted by molar-refractivity contribution is -0.118. The maximum absolute atomic E-state index is 13.1. The Labute approximate surface area is 188 Å². The molecule has 0 radical (unpaired) electrons. The summed E-state index contributed by atoms with van der Waals surface area (Å²) in [5.74, 6) is 0.451. The van der Waals surface area contributed by atoms with Crippen LogP contribution >= 0.6 is 11.8 Å². The first kappa shape index (κ1) is 21.3. The molecule has 2 heterocycles. The monoisotopic (exact) mass is 444 g/mol. The van der Waals surface area contributed by atoms with Crippen LogP contribution in [0.5, 0.6) is 0 Å². The van der Waals surface area contributed by atoms with Crippen LogP contribution in [0.4, 0.5) is 0 Å². The second kappa shape index (κ2) is 9.93. The van der Waals surface area contributed by atoms with Crippen molar-refractivity contribution in [2.24, 2.45) is 5.10 Å². The quantitative estimate of drug-likeness (QED) is 0.199. The van der Waals surface area contributed by atoms with E-state index in [-0.39, 0.29) is 17.2 Å². The van der Waals surface area contributed by atoms with Gasteiger partial charge in [-0.3, -0.25) is 14.2 Å². The van der Waals surface area contributed by atoms with Gasteiger partial charge in [0.1, 0.15) is 5.76 Å². The first-order valence-corrected chi connectivity index (χ1v) is 10.8. The fourth-order valence-corrected chi connectivity index (χ4v) is 3.82. The number of allylic oxidation sites excluding steroid dienone is 1. The van der Waals surface area contributed by atoms with Crippen LogP contribution in [0.1, 0.15) is 12.7 Å². The SMILES string of the molecule is CC(/C=N\NC(=O)CSc1nc2ccccc2c(=O)n1-c1ccccc1)=C\c1ccco1. The molecule has 0 aliphatic rings. The van der Waals surface area contributed by atoms with Gasteiger partial charge in [0, 0.05) is 0 Å². The average Bonchev–Trinajstić information content (AvgIpc) is 3.31. The van der Waals surface area contributed by atoms with Crippen molar-refractivity contribution < 1.29 is 9.21 Å². The maximum Gasteiger partial charge on any atom is 0.266 e. The predicted octanol–water partition coefficient (Wildman–Crippen LogP) is 4.28. The molecule has 0 saturated heterocycles. The zero-order chi connectivity index (χ0) is 22.3. The van der Waals surface area contributed by atoms with Gasteiger partial charge >= 0.3 is 0 Å². The summed E-state index contributed by atoms with van der Waals surface area (Å²) in [5, 5.41) is 4.94. The van der Waals surface area contributed by atoms with Crippen LogP contribution < -0.4 is 11.0 Å². The van der Waals surface area contributed by atoms with Crippen molar-refractivity contribution in [2.75, 3.05) is 5.75 Å². The van der Waals surface area contributed by atoms with Gasteiger partial charge in [-0.25, -0.2) is 10.4 Å². The molecular weight excluding hydrogens is 424 g/mol. The van der Waals surface area contributed by atoms with Gasteiger partial charge in [-0.15, -0.1) is 0 Å². The minimum atomic E-state index is -0.306. The Bertz CT molecular complexity index is 1340. The second-order valence-corrected chi connectivity index (χ2v) is 7.82. The third kappa shape index (κ3) is 5.04. The number of amides is 1. The number of hydrogen-bond acceptors (Lipinski definition) is 6. The van der Waals surface area contributed by atoms with Gasteiger partial charge in [-0.05, 0) is 55.0 Å². The molecule has 0 aliphatic carbocycles. The van der Waals surface area contributed by atoms with Gasteiger partial charge in [0.05, 0.1) is 34.8 Å². The highest BCUT2D eigenvalue weighted by molar-refractivity contribution is 7.99. The number of nitrogens with one attached hydrogen (secondary N) is 1. The smallest absolute Gasteiger partial charge is 0.266 e. The first-order valence-electron chi connectivity index (χ1n) is 9.85. The molecule has 7 nitrogen and oxygen atoms in total. The summed E-state index contributed by atoms with van der Waals surface area (Å²) in [6.07, 6.45) is 4.94. The molecule has 4 rings (SSSR count). The molecule has 0 fully saturated rings. The number of fused-ring (bicyclic) bond motifs is 1. The summed E-state index contributed by atoms with van der Waals surface area (Å²) in [6.45, 7) is 1.85. The van der Waals surface area contributed by atoms with Crippen molar-refractivity contribution in [3.8, 4) is 5.69 Å². The third-order valence-corrected chi connectivity index (χ3v) is 5.40. The van der Waals surface area contributed by atoms with E-state index in [2.05, 4.69) is 15.5 Å². The highest BCUT2D eigenvalue weighted by Gasteiger charge is 2.14. The Morgan fingerprint density at radius 2 is 1.91 bits per heavy atom. The van der Waals surface area contributed by atoms with E-state index in [0.717, 1.165) is 5.57 Å². The lowest BCUT2D eigenvalue weighted by atomic mass is 10.2. The molecule has 0 saturated carbocycles. The molecule has 1 amide bonds. The number of nitrogens with zero attached hydrogens (tertiary/aromatic N) is 3. The first-order chi connectivity index (χ1) is 15.6. The Kier molecular flexibility index (Phi) is 6.62. The van der Waals surface area contributed by atoms with Gasteiger partial charge < -0.3 is 4.42 Å². The number of aromatic nitrogens is 2. The minimum Gasteiger partial charge on any atom is -0.465 e. The number of hydrazone groups is 1. The lowest BCUT2D eigenvalue weighted by Gasteiger charge is -2.12. The Hall–Kier alpha value is -3.91. The van der Waals surface area contributed by atoms with Crippen LogP contribution in [-0.2, 0) is 4.79 Å². The Morgan fingerprint density at radius 1 is 1.12 bits per heavy atom. The minimum absolute atomic E-state index is 0.0515. The number of carbonyl (C=O) groups excluding carboxylic acids is 1. The van der Waals surface area contributed by atoms with Crippen LogP contribution in [0, 0.1) is 0 Å². The topological polar surface area (TPSA) is 89.5 Å². The van der Waals surface area contributed by atoms with E-state index in [4.69, 9.17) is 4.42 Å². The predicted molar refractivity (Wildman–Crippen MR) is 127 cm³/mol. The van der Waals surface area contributed by atoms with Gasteiger partial charge in [0.2, 0.25) is 0 Å². The number of rotatable bonds is 7. The zero-order valence-electron chi connectivity index (χ0n) is 17.3. The summed E-state index contributed by atoms with van der Waals surface area (Å²) in [4.78, 5) is 30.1. The van der Waals surface area contributed by atoms with Crippen LogP contribution in [0.3, 0.4) is 0 Å². The van der Waals surface area contributed by atoms with Crippen LogP contribution in [0.25, 0.3) is 22.7 Å². The van der Waals surface area contributed by atoms with E-state index in [9.17, 15) is 9.59 Å². The van der Waals surface area contributed by atoms with E-state index in [0.29, 0.717) is 27.5 Å². The molecule has 0 unspecified atom stereocenters. The van der Waals surface area contributed by atoms with Crippen molar-refractivity contribution in [2.45, 2.75) is 12.1 Å². The highest BCUT2D eigenvalue weighted by atomic mass is 32.2. The zero-order valence-corrected chi connectivity index (χ0v) is 18.1. The van der Waals surface area contributed by atoms with Crippen molar-refractivity contribution in [3.05, 3.63) is 94.7 Å². The Balaban J connectivity index is 1.51. The van der Waals surface area contributed by atoms with E-state index < -0.39 is 0 Å². The number of para-hydroxylation sites is 2. The lowest BCUT2D eigenvalue weighted by Crippen LogP contribution is -2.24. The number of thioether (sulfide) groups is 1. The van der Waals surface area contributed by atoms with Gasteiger partial charge in [0.25, 0.3) is 11.5 Å². The molecule has 0 aliphatic heterocycles. The van der Waals surface area contributed by atoms with Gasteiger partial charge in [0.15, 0.2) is 5.16 Å². The summed E-state index contributed by atoms with van der Waals surface area (Å²) in [6, 6.07) is 20.0. The van der Waals surface area contributed by atoms with Crippen molar-refractivity contribution >= 4 is 40.9 Å². The average molecular weight is 445 g/mol. The molecule has 2 aromatic carbocycles. The maximum atomic E-state index is 13.1.